The van der Waals surface area contributed by atoms with Crippen LogP contribution in [0.3, 0.4) is 0 Å². The number of benzene rings is 2. The predicted octanol–water partition coefficient (Wildman–Crippen LogP) is 2.41. The zero-order valence-corrected chi connectivity index (χ0v) is 20.3. The van der Waals surface area contributed by atoms with E-state index >= 15 is 0 Å². The lowest BCUT2D eigenvalue weighted by atomic mass is 10.1. The van der Waals surface area contributed by atoms with Gasteiger partial charge >= 0.3 is 5.97 Å². The molecule has 2 saturated heterocycles. The Kier molecular flexibility index (Phi) is 7.06. The average molecular weight is 487 g/mol. The van der Waals surface area contributed by atoms with E-state index in [1.54, 1.807) is 36.4 Å². The van der Waals surface area contributed by atoms with Gasteiger partial charge in [-0.2, -0.15) is 4.31 Å². The second-order valence-electron chi connectivity index (χ2n) is 9.03. The van der Waals surface area contributed by atoms with E-state index in [1.165, 1.54) is 6.07 Å². The van der Waals surface area contributed by atoms with E-state index in [4.69, 9.17) is 4.74 Å². The van der Waals surface area contributed by atoms with E-state index in [-0.39, 0.29) is 30.4 Å². The topological polar surface area (TPSA) is 104 Å². The number of nitrogens with zero attached hydrogens (tertiary/aromatic N) is 2. The first kappa shape index (κ1) is 24.4. The van der Waals surface area contributed by atoms with Crippen LogP contribution in [0.4, 0.5) is 0 Å². The molecule has 2 aromatic rings. The highest BCUT2D eigenvalue weighted by molar-refractivity contribution is 7.89. The number of carbonyl (C=O) groups is 2. The molecule has 4 rings (SSSR count). The highest BCUT2D eigenvalue weighted by atomic mass is 32.2. The van der Waals surface area contributed by atoms with Crippen LogP contribution in [-0.2, 0) is 26.2 Å². The van der Waals surface area contributed by atoms with Crippen molar-refractivity contribution < 1.29 is 27.9 Å². The number of hydrogen-bond acceptors (Lipinski definition) is 6. The summed E-state index contributed by atoms with van der Waals surface area (Å²) in [4.78, 5) is 27.2. The third-order valence-corrected chi connectivity index (χ3v) is 8.44. The summed E-state index contributed by atoms with van der Waals surface area (Å²) in [7, 11) is -3.98. The molecule has 2 heterocycles. The van der Waals surface area contributed by atoms with Gasteiger partial charge in [0.25, 0.3) is 5.91 Å². The monoisotopic (exact) mass is 486 g/mol. The summed E-state index contributed by atoms with van der Waals surface area (Å²) in [5.41, 5.74) is 3.06. The van der Waals surface area contributed by atoms with Crippen molar-refractivity contribution in [1.29, 1.82) is 0 Å². The number of ether oxygens (including phenoxy) is 1. The molecule has 34 heavy (non-hydrogen) atoms. The summed E-state index contributed by atoms with van der Waals surface area (Å²) in [6, 6.07) is 10.6. The molecule has 2 atom stereocenters. The zero-order valence-electron chi connectivity index (χ0n) is 19.4. The van der Waals surface area contributed by atoms with Crippen molar-refractivity contribution in [3.05, 3.63) is 64.7 Å². The number of amides is 1. The number of hydrogen-bond donors (Lipinski definition) is 1. The van der Waals surface area contributed by atoms with Crippen molar-refractivity contribution in [2.24, 2.45) is 0 Å². The molecule has 0 bridgehead atoms. The maximum absolute atomic E-state index is 13.2. The van der Waals surface area contributed by atoms with Crippen molar-refractivity contribution in [1.82, 2.24) is 9.21 Å². The fourth-order valence-corrected chi connectivity index (χ4v) is 6.08. The number of likely N-dealkylation sites (tertiary alicyclic amines) is 1. The SMILES string of the molecule is Cc1ccc(S(=O)(=O)N2CC(O)C[C@H]2C(=O)OCc2ccc(C(=O)N3CCCC3)cc2)cc1C. The van der Waals surface area contributed by atoms with Crippen LogP contribution in [0.2, 0.25) is 0 Å². The Balaban J connectivity index is 1.42. The van der Waals surface area contributed by atoms with Crippen molar-refractivity contribution in [3.63, 3.8) is 0 Å². The number of sulfonamides is 1. The Morgan fingerprint density at radius 2 is 1.71 bits per heavy atom. The second-order valence-corrected chi connectivity index (χ2v) is 10.9. The molecular formula is C25H30N2O6S. The van der Waals surface area contributed by atoms with E-state index in [0.717, 1.165) is 41.4 Å². The summed E-state index contributed by atoms with van der Waals surface area (Å²) in [6.07, 6.45) is 1.07. The number of carbonyl (C=O) groups excluding carboxylic acids is 2. The third kappa shape index (κ3) is 5.01. The molecule has 0 radical (unpaired) electrons. The van der Waals surface area contributed by atoms with Crippen LogP contribution in [-0.4, -0.2) is 66.4 Å². The van der Waals surface area contributed by atoms with Crippen molar-refractivity contribution >= 4 is 21.9 Å². The van der Waals surface area contributed by atoms with Crippen LogP contribution >= 0.6 is 0 Å². The molecule has 0 aliphatic carbocycles. The molecule has 2 fully saturated rings. The van der Waals surface area contributed by atoms with Gasteiger partial charge in [0.05, 0.1) is 11.0 Å². The van der Waals surface area contributed by atoms with Gasteiger partial charge in [-0.05, 0) is 67.6 Å². The summed E-state index contributed by atoms with van der Waals surface area (Å²) >= 11 is 0. The van der Waals surface area contributed by atoms with Crippen LogP contribution < -0.4 is 0 Å². The average Bonchev–Trinajstić information content (AvgIpc) is 3.49. The van der Waals surface area contributed by atoms with Crippen LogP contribution in [0, 0.1) is 13.8 Å². The molecule has 1 N–H and O–H groups in total. The van der Waals surface area contributed by atoms with Crippen molar-refractivity contribution in [2.45, 2.75) is 56.8 Å². The Morgan fingerprint density at radius 1 is 1.03 bits per heavy atom. The Hall–Kier alpha value is -2.75. The number of β-amino-alcohol motifs (C(OH)–C–C–N with tert-alkyl or cyclic N) is 1. The van der Waals surface area contributed by atoms with Gasteiger partial charge in [0.15, 0.2) is 0 Å². The van der Waals surface area contributed by atoms with Crippen molar-refractivity contribution in [3.8, 4) is 0 Å². The lowest BCUT2D eigenvalue weighted by molar-refractivity contribution is -0.148. The van der Waals surface area contributed by atoms with Crippen LogP contribution in [0.15, 0.2) is 47.4 Å². The molecule has 9 heteroatoms. The lowest BCUT2D eigenvalue weighted by Crippen LogP contribution is -2.41. The van der Waals surface area contributed by atoms with Gasteiger partial charge < -0.3 is 14.7 Å². The minimum Gasteiger partial charge on any atom is -0.460 e. The van der Waals surface area contributed by atoms with E-state index in [2.05, 4.69) is 0 Å². The fraction of sp³-hybridized carbons (Fsp3) is 0.440. The number of aryl methyl sites for hydroxylation is 2. The summed E-state index contributed by atoms with van der Waals surface area (Å²) in [6.45, 7) is 5.03. The van der Waals surface area contributed by atoms with Gasteiger partial charge in [-0.3, -0.25) is 9.59 Å². The Labute approximate surface area is 200 Å². The summed E-state index contributed by atoms with van der Waals surface area (Å²) in [5.74, 6) is -0.714. The van der Waals surface area contributed by atoms with E-state index in [0.29, 0.717) is 11.1 Å². The quantitative estimate of drug-likeness (QED) is 0.629. The molecule has 2 aliphatic rings. The molecule has 182 valence electrons. The van der Waals surface area contributed by atoms with Gasteiger partial charge in [0.2, 0.25) is 10.0 Å². The minimum atomic E-state index is -3.98. The lowest BCUT2D eigenvalue weighted by Gasteiger charge is -2.23. The molecule has 0 saturated carbocycles. The van der Waals surface area contributed by atoms with E-state index < -0.39 is 28.1 Å². The molecule has 2 aliphatic heterocycles. The standard InChI is InChI=1S/C25H30N2O6S/c1-17-5-10-22(13-18(17)2)34(31,32)27-15-21(28)14-23(27)25(30)33-16-19-6-8-20(9-7-19)24(29)26-11-3-4-12-26/h5-10,13,21,23,28H,3-4,11-12,14-16H2,1-2H3/t21?,23-/m0/s1. The zero-order chi connectivity index (χ0) is 24.5. The van der Waals surface area contributed by atoms with Gasteiger partial charge in [-0.25, -0.2) is 8.42 Å². The normalized spacial score (nSPS) is 21.1. The number of esters is 1. The third-order valence-electron chi connectivity index (χ3n) is 6.57. The maximum atomic E-state index is 13.2. The van der Waals surface area contributed by atoms with Gasteiger partial charge in [0, 0.05) is 31.6 Å². The smallest absolute Gasteiger partial charge is 0.324 e. The molecule has 1 amide bonds. The first-order chi connectivity index (χ1) is 16.2. The number of aliphatic hydroxyl groups excluding tert-OH is 1. The van der Waals surface area contributed by atoms with Crippen molar-refractivity contribution in [2.75, 3.05) is 19.6 Å². The molecule has 2 aromatic carbocycles. The number of aliphatic hydroxyl groups is 1. The predicted molar refractivity (Wildman–Crippen MR) is 126 cm³/mol. The highest BCUT2D eigenvalue weighted by Crippen LogP contribution is 2.28. The number of rotatable bonds is 6. The Morgan fingerprint density at radius 3 is 2.35 bits per heavy atom. The fourth-order valence-electron chi connectivity index (χ4n) is 4.37. The largest absolute Gasteiger partial charge is 0.460 e. The van der Waals surface area contributed by atoms with Gasteiger partial charge in [-0.15, -0.1) is 0 Å². The van der Waals surface area contributed by atoms with E-state index in [9.17, 15) is 23.1 Å². The van der Waals surface area contributed by atoms with Crippen LogP contribution in [0.5, 0.6) is 0 Å². The Bertz CT molecular complexity index is 1170. The molecule has 1 unspecified atom stereocenters. The van der Waals surface area contributed by atoms with Crippen LogP contribution in [0.25, 0.3) is 0 Å². The van der Waals surface area contributed by atoms with E-state index in [1.807, 2.05) is 18.7 Å². The van der Waals surface area contributed by atoms with Gasteiger partial charge in [-0.1, -0.05) is 18.2 Å². The molecule has 0 aromatic heterocycles. The summed E-state index contributed by atoms with van der Waals surface area (Å²) in [5, 5.41) is 10.1. The highest BCUT2D eigenvalue weighted by Gasteiger charge is 2.44. The summed E-state index contributed by atoms with van der Waals surface area (Å²) < 4.78 is 32.9. The van der Waals surface area contributed by atoms with Crippen LogP contribution in [0.1, 0.15) is 46.3 Å². The van der Waals surface area contributed by atoms with Gasteiger partial charge in [0.1, 0.15) is 12.6 Å². The minimum absolute atomic E-state index is 0.00632. The maximum Gasteiger partial charge on any atom is 0.324 e. The first-order valence-corrected chi connectivity index (χ1v) is 12.9. The molecule has 0 spiro atoms. The first-order valence-electron chi connectivity index (χ1n) is 11.5. The second kappa shape index (κ2) is 9.85. The molecule has 8 nitrogen and oxygen atoms in total. The molecular weight excluding hydrogens is 456 g/mol.